The molecule has 1 aromatic carbocycles. The van der Waals surface area contributed by atoms with Crippen LogP contribution in [0.2, 0.25) is 0 Å². The van der Waals surface area contributed by atoms with Gasteiger partial charge in [-0.05, 0) is 38.1 Å². The summed E-state index contributed by atoms with van der Waals surface area (Å²) in [6.07, 6.45) is 0. The third-order valence-corrected chi connectivity index (χ3v) is 6.48. The molecule has 0 spiro atoms. The van der Waals surface area contributed by atoms with Crippen LogP contribution in [0.4, 0.5) is 0 Å². The Morgan fingerprint density at radius 2 is 1.61 bits per heavy atom. The molecule has 1 aliphatic rings. The lowest BCUT2D eigenvalue weighted by Gasteiger charge is -2.34. The minimum atomic E-state index is -3.63. The number of rotatable bonds is 8. The second kappa shape index (κ2) is 9.99. The van der Waals surface area contributed by atoms with E-state index < -0.39 is 10.0 Å². The Kier molecular flexibility index (Phi) is 7.97. The van der Waals surface area contributed by atoms with Crippen LogP contribution >= 0.6 is 0 Å². The van der Waals surface area contributed by atoms with Crippen LogP contribution in [0, 0.1) is 0 Å². The highest BCUT2D eigenvalue weighted by molar-refractivity contribution is 7.89. The first-order valence-corrected chi connectivity index (χ1v) is 11.1. The Labute approximate surface area is 167 Å². The maximum absolute atomic E-state index is 12.5. The SMILES string of the molecule is CCN(CC)C(=O)c1ccc(S(=O)(=O)NCCN2CCN(C(C)=O)CC2)cc1. The predicted octanol–water partition coefficient (Wildman–Crippen LogP) is 0.611. The molecule has 156 valence electrons. The zero-order valence-electron chi connectivity index (χ0n) is 16.8. The standard InChI is InChI=1S/C19H30N4O4S/c1-4-22(5-2)19(25)17-6-8-18(9-7-17)28(26,27)20-10-11-21-12-14-23(15-13-21)16(3)24/h6-9,20H,4-5,10-15H2,1-3H3. The first kappa shape index (κ1) is 22.3. The van der Waals surface area contributed by atoms with Gasteiger partial charge in [0.25, 0.3) is 5.91 Å². The van der Waals surface area contributed by atoms with Crippen LogP contribution in [0.1, 0.15) is 31.1 Å². The molecule has 1 heterocycles. The minimum Gasteiger partial charge on any atom is -0.340 e. The summed E-state index contributed by atoms with van der Waals surface area (Å²) >= 11 is 0. The van der Waals surface area contributed by atoms with E-state index in [0.29, 0.717) is 44.8 Å². The van der Waals surface area contributed by atoms with Crippen LogP contribution in [0.25, 0.3) is 0 Å². The molecule has 0 atom stereocenters. The van der Waals surface area contributed by atoms with Crippen molar-refractivity contribution in [3.63, 3.8) is 0 Å². The average Bonchev–Trinajstić information content (AvgIpc) is 2.69. The van der Waals surface area contributed by atoms with Gasteiger partial charge < -0.3 is 9.80 Å². The Hall–Kier alpha value is -1.97. The van der Waals surface area contributed by atoms with Gasteiger partial charge in [0.2, 0.25) is 15.9 Å². The molecular formula is C19H30N4O4S. The Bertz CT molecular complexity index is 768. The van der Waals surface area contributed by atoms with E-state index in [1.807, 2.05) is 13.8 Å². The maximum Gasteiger partial charge on any atom is 0.253 e. The van der Waals surface area contributed by atoms with Crippen molar-refractivity contribution in [3.05, 3.63) is 29.8 Å². The van der Waals surface area contributed by atoms with E-state index >= 15 is 0 Å². The quantitative estimate of drug-likeness (QED) is 0.678. The predicted molar refractivity (Wildman–Crippen MR) is 108 cm³/mol. The van der Waals surface area contributed by atoms with Crippen LogP contribution in [0.3, 0.4) is 0 Å². The highest BCUT2D eigenvalue weighted by atomic mass is 32.2. The molecule has 2 amide bonds. The number of amides is 2. The molecule has 28 heavy (non-hydrogen) atoms. The first-order valence-electron chi connectivity index (χ1n) is 9.65. The molecule has 0 unspecified atom stereocenters. The molecule has 1 aromatic rings. The summed E-state index contributed by atoms with van der Waals surface area (Å²) in [5.41, 5.74) is 0.478. The number of sulfonamides is 1. The van der Waals surface area contributed by atoms with Gasteiger partial charge in [-0.1, -0.05) is 0 Å². The molecule has 0 aliphatic carbocycles. The summed E-state index contributed by atoms with van der Waals surface area (Å²) in [7, 11) is -3.63. The highest BCUT2D eigenvalue weighted by Crippen LogP contribution is 2.12. The van der Waals surface area contributed by atoms with Crippen LogP contribution in [0.5, 0.6) is 0 Å². The van der Waals surface area contributed by atoms with E-state index in [2.05, 4.69) is 9.62 Å². The van der Waals surface area contributed by atoms with Gasteiger partial charge >= 0.3 is 0 Å². The van der Waals surface area contributed by atoms with Gasteiger partial charge in [0, 0.05) is 64.8 Å². The summed E-state index contributed by atoms with van der Waals surface area (Å²) in [4.78, 5) is 29.4. The summed E-state index contributed by atoms with van der Waals surface area (Å²) in [5, 5.41) is 0. The van der Waals surface area contributed by atoms with Crippen molar-refractivity contribution in [2.45, 2.75) is 25.7 Å². The lowest BCUT2D eigenvalue weighted by Crippen LogP contribution is -2.49. The van der Waals surface area contributed by atoms with Gasteiger partial charge in [0.1, 0.15) is 0 Å². The maximum atomic E-state index is 12.5. The summed E-state index contributed by atoms with van der Waals surface area (Å²) < 4.78 is 27.5. The van der Waals surface area contributed by atoms with E-state index in [9.17, 15) is 18.0 Å². The topological polar surface area (TPSA) is 90.0 Å². The van der Waals surface area contributed by atoms with E-state index in [1.54, 1.807) is 28.9 Å². The second-order valence-corrected chi connectivity index (χ2v) is 8.51. The fourth-order valence-corrected chi connectivity index (χ4v) is 4.20. The Morgan fingerprint density at radius 1 is 1.04 bits per heavy atom. The zero-order valence-corrected chi connectivity index (χ0v) is 17.7. The van der Waals surface area contributed by atoms with Crippen LogP contribution in [-0.2, 0) is 14.8 Å². The first-order chi connectivity index (χ1) is 13.3. The molecule has 1 N–H and O–H groups in total. The van der Waals surface area contributed by atoms with Crippen molar-refractivity contribution in [1.29, 1.82) is 0 Å². The van der Waals surface area contributed by atoms with Gasteiger partial charge in [-0.3, -0.25) is 14.5 Å². The van der Waals surface area contributed by atoms with Crippen LogP contribution in [-0.4, -0.2) is 87.3 Å². The normalized spacial score (nSPS) is 15.5. The number of piperazine rings is 1. The number of nitrogens with one attached hydrogen (secondary N) is 1. The minimum absolute atomic E-state index is 0.0725. The van der Waals surface area contributed by atoms with Gasteiger partial charge in [0.15, 0.2) is 0 Å². The lowest BCUT2D eigenvalue weighted by molar-refractivity contribution is -0.130. The monoisotopic (exact) mass is 410 g/mol. The number of carbonyl (C=O) groups excluding carboxylic acids is 2. The van der Waals surface area contributed by atoms with Gasteiger partial charge in [-0.2, -0.15) is 0 Å². The van der Waals surface area contributed by atoms with Crippen molar-refractivity contribution < 1.29 is 18.0 Å². The largest absolute Gasteiger partial charge is 0.340 e. The third-order valence-electron chi connectivity index (χ3n) is 5.00. The van der Waals surface area contributed by atoms with Crippen LogP contribution < -0.4 is 4.72 Å². The molecule has 1 aliphatic heterocycles. The highest BCUT2D eigenvalue weighted by Gasteiger charge is 2.20. The van der Waals surface area contributed by atoms with E-state index in [0.717, 1.165) is 13.1 Å². The number of carbonyl (C=O) groups is 2. The second-order valence-electron chi connectivity index (χ2n) is 6.75. The molecule has 9 heteroatoms. The number of benzene rings is 1. The molecule has 8 nitrogen and oxygen atoms in total. The lowest BCUT2D eigenvalue weighted by atomic mass is 10.2. The fourth-order valence-electron chi connectivity index (χ4n) is 3.18. The van der Waals surface area contributed by atoms with Crippen molar-refractivity contribution >= 4 is 21.8 Å². The number of hydrogen-bond donors (Lipinski definition) is 1. The molecule has 0 radical (unpaired) electrons. The van der Waals surface area contributed by atoms with Gasteiger partial charge in [-0.25, -0.2) is 13.1 Å². The van der Waals surface area contributed by atoms with Crippen molar-refractivity contribution in [2.75, 3.05) is 52.4 Å². The fraction of sp³-hybridized carbons (Fsp3) is 0.579. The Morgan fingerprint density at radius 3 is 2.11 bits per heavy atom. The zero-order chi connectivity index (χ0) is 20.7. The summed E-state index contributed by atoms with van der Waals surface area (Å²) in [5.74, 6) is -0.0325. The average molecular weight is 411 g/mol. The number of nitrogens with zero attached hydrogens (tertiary/aromatic N) is 3. The summed E-state index contributed by atoms with van der Waals surface area (Å²) in [6, 6.07) is 6.03. The smallest absolute Gasteiger partial charge is 0.253 e. The number of hydrogen-bond acceptors (Lipinski definition) is 5. The molecule has 0 bridgehead atoms. The Balaban J connectivity index is 1.87. The molecular weight excluding hydrogens is 380 g/mol. The third kappa shape index (κ3) is 5.76. The van der Waals surface area contributed by atoms with E-state index in [4.69, 9.17) is 0 Å². The molecule has 2 rings (SSSR count). The molecule has 1 saturated heterocycles. The van der Waals surface area contributed by atoms with Crippen molar-refractivity contribution in [1.82, 2.24) is 19.4 Å². The van der Waals surface area contributed by atoms with Gasteiger partial charge in [-0.15, -0.1) is 0 Å². The van der Waals surface area contributed by atoms with E-state index in [1.165, 1.54) is 12.1 Å². The van der Waals surface area contributed by atoms with Crippen molar-refractivity contribution in [3.8, 4) is 0 Å². The van der Waals surface area contributed by atoms with E-state index in [-0.39, 0.29) is 16.7 Å². The van der Waals surface area contributed by atoms with Crippen molar-refractivity contribution in [2.24, 2.45) is 0 Å². The summed E-state index contributed by atoms with van der Waals surface area (Å²) in [6.45, 7) is 10.3. The molecule has 0 saturated carbocycles. The van der Waals surface area contributed by atoms with Crippen LogP contribution in [0.15, 0.2) is 29.2 Å². The molecule has 0 aromatic heterocycles. The molecule has 1 fully saturated rings. The van der Waals surface area contributed by atoms with Gasteiger partial charge in [0.05, 0.1) is 4.90 Å².